The lowest BCUT2D eigenvalue weighted by molar-refractivity contribution is 0.616. The van der Waals surface area contributed by atoms with Crippen LogP contribution in [0.2, 0.25) is 0 Å². The lowest BCUT2D eigenvalue weighted by Gasteiger charge is -2.08. The van der Waals surface area contributed by atoms with Gasteiger partial charge in [0, 0.05) is 13.1 Å². The molecule has 0 bridgehead atoms. The van der Waals surface area contributed by atoms with E-state index in [9.17, 15) is 9.18 Å². The first kappa shape index (κ1) is 12.3. The van der Waals surface area contributed by atoms with Crippen LogP contribution in [0, 0.1) is 12.7 Å². The van der Waals surface area contributed by atoms with Gasteiger partial charge in [0.25, 0.3) is 5.56 Å². The Morgan fingerprint density at radius 1 is 1.39 bits per heavy atom. The normalized spacial score (nSPS) is 10.4. The van der Waals surface area contributed by atoms with Crippen LogP contribution in [0.15, 0.2) is 35.3 Å². The molecule has 0 unspecified atom stereocenters. The average Bonchev–Trinajstić information content (AvgIpc) is 2.34. The fourth-order valence-corrected chi connectivity index (χ4v) is 1.69. The first-order valence-electron chi connectivity index (χ1n) is 5.60. The lowest BCUT2D eigenvalue weighted by Crippen LogP contribution is -2.23. The molecule has 0 aliphatic carbocycles. The SMILES string of the molecule is CNc1cnn(Cc2ccc(F)cc2C)c(=O)c1. The monoisotopic (exact) mass is 247 g/mol. The van der Waals surface area contributed by atoms with Gasteiger partial charge in [-0.3, -0.25) is 4.79 Å². The molecule has 1 N–H and O–H groups in total. The van der Waals surface area contributed by atoms with E-state index in [2.05, 4.69) is 10.4 Å². The third-order valence-electron chi connectivity index (χ3n) is 2.78. The molecule has 0 amide bonds. The molecule has 94 valence electrons. The summed E-state index contributed by atoms with van der Waals surface area (Å²) in [7, 11) is 1.73. The molecule has 18 heavy (non-hydrogen) atoms. The summed E-state index contributed by atoms with van der Waals surface area (Å²) in [4.78, 5) is 11.8. The Labute approximate surface area is 104 Å². The van der Waals surface area contributed by atoms with Crippen LogP contribution in [0.4, 0.5) is 10.1 Å². The highest BCUT2D eigenvalue weighted by Gasteiger charge is 2.04. The maximum atomic E-state index is 13.0. The number of aromatic nitrogens is 2. The second-order valence-corrected chi connectivity index (χ2v) is 4.06. The molecule has 0 fully saturated rings. The zero-order valence-corrected chi connectivity index (χ0v) is 10.3. The Balaban J connectivity index is 2.31. The van der Waals surface area contributed by atoms with Crippen molar-refractivity contribution in [2.24, 2.45) is 0 Å². The number of halogens is 1. The molecule has 1 heterocycles. The summed E-state index contributed by atoms with van der Waals surface area (Å²) in [5.41, 5.74) is 2.17. The van der Waals surface area contributed by atoms with Crippen LogP contribution in [-0.2, 0) is 6.54 Å². The molecule has 0 radical (unpaired) electrons. The number of nitrogens with zero attached hydrogens (tertiary/aromatic N) is 2. The average molecular weight is 247 g/mol. The Bertz CT molecular complexity index is 622. The van der Waals surface area contributed by atoms with Crippen LogP contribution in [-0.4, -0.2) is 16.8 Å². The van der Waals surface area contributed by atoms with E-state index >= 15 is 0 Å². The maximum absolute atomic E-state index is 13.0. The van der Waals surface area contributed by atoms with Crippen LogP contribution in [0.25, 0.3) is 0 Å². The number of benzene rings is 1. The maximum Gasteiger partial charge on any atom is 0.269 e. The predicted molar refractivity (Wildman–Crippen MR) is 68.3 cm³/mol. The highest BCUT2D eigenvalue weighted by atomic mass is 19.1. The van der Waals surface area contributed by atoms with Crippen LogP contribution in [0.3, 0.4) is 0 Å². The molecule has 1 aromatic carbocycles. The Morgan fingerprint density at radius 3 is 2.78 bits per heavy atom. The summed E-state index contributed by atoms with van der Waals surface area (Å²) in [5, 5.41) is 6.91. The highest BCUT2D eigenvalue weighted by molar-refractivity contribution is 5.37. The van der Waals surface area contributed by atoms with Crippen molar-refractivity contribution in [1.29, 1.82) is 0 Å². The molecule has 0 spiro atoms. The van der Waals surface area contributed by atoms with Gasteiger partial charge in [0.15, 0.2) is 0 Å². The van der Waals surface area contributed by atoms with Gasteiger partial charge in [-0.05, 0) is 30.2 Å². The predicted octanol–water partition coefficient (Wildman–Crippen LogP) is 1.78. The summed E-state index contributed by atoms with van der Waals surface area (Å²) < 4.78 is 14.3. The molecule has 0 saturated carbocycles. The summed E-state index contributed by atoms with van der Waals surface area (Å²) in [6, 6.07) is 5.98. The van der Waals surface area contributed by atoms with Crippen molar-refractivity contribution < 1.29 is 4.39 Å². The second kappa shape index (κ2) is 5.00. The molecular weight excluding hydrogens is 233 g/mol. The van der Waals surface area contributed by atoms with Crippen molar-refractivity contribution >= 4 is 5.69 Å². The largest absolute Gasteiger partial charge is 0.387 e. The van der Waals surface area contributed by atoms with Gasteiger partial charge in [-0.25, -0.2) is 9.07 Å². The van der Waals surface area contributed by atoms with Crippen molar-refractivity contribution in [2.45, 2.75) is 13.5 Å². The van der Waals surface area contributed by atoms with Gasteiger partial charge >= 0.3 is 0 Å². The topological polar surface area (TPSA) is 46.9 Å². The van der Waals surface area contributed by atoms with Crippen molar-refractivity contribution in [3.63, 3.8) is 0 Å². The molecule has 0 atom stereocenters. The van der Waals surface area contributed by atoms with Gasteiger partial charge in [0.1, 0.15) is 5.82 Å². The lowest BCUT2D eigenvalue weighted by atomic mass is 10.1. The number of rotatable bonds is 3. The highest BCUT2D eigenvalue weighted by Crippen LogP contribution is 2.10. The van der Waals surface area contributed by atoms with Gasteiger partial charge < -0.3 is 5.32 Å². The van der Waals surface area contributed by atoms with Crippen molar-refractivity contribution in [3.05, 3.63) is 57.8 Å². The van der Waals surface area contributed by atoms with Crippen molar-refractivity contribution in [1.82, 2.24) is 9.78 Å². The number of hydrogen-bond donors (Lipinski definition) is 1. The molecule has 0 aliphatic rings. The Hall–Kier alpha value is -2.17. The fourth-order valence-electron chi connectivity index (χ4n) is 1.69. The molecule has 2 rings (SSSR count). The third kappa shape index (κ3) is 2.56. The van der Waals surface area contributed by atoms with E-state index < -0.39 is 0 Å². The Kier molecular flexibility index (Phi) is 3.41. The minimum absolute atomic E-state index is 0.189. The number of aryl methyl sites for hydroxylation is 1. The molecule has 0 saturated heterocycles. The molecular formula is C13H14FN3O. The van der Waals surface area contributed by atoms with Gasteiger partial charge in [0.05, 0.1) is 18.4 Å². The van der Waals surface area contributed by atoms with Gasteiger partial charge in [-0.1, -0.05) is 6.07 Å². The third-order valence-corrected chi connectivity index (χ3v) is 2.78. The summed E-state index contributed by atoms with van der Waals surface area (Å²) in [5.74, 6) is -0.276. The zero-order valence-electron chi connectivity index (χ0n) is 10.3. The molecule has 5 heteroatoms. The van der Waals surface area contributed by atoms with Crippen LogP contribution in [0.5, 0.6) is 0 Å². The minimum Gasteiger partial charge on any atom is -0.387 e. The van der Waals surface area contributed by atoms with E-state index in [0.717, 1.165) is 11.1 Å². The van der Waals surface area contributed by atoms with Crippen LogP contribution in [0.1, 0.15) is 11.1 Å². The number of anilines is 1. The molecule has 1 aromatic heterocycles. The van der Waals surface area contributed by atoms with E-state index in [-0.39, 0.29) is 11.4 Å². The summed E-state index contributed by atoms with van der Waals surface area (Å²) in [6.07, 6.45) is 1.58. The van der Waals surface area contributed by atoms with Gasteiger partial charge in [-0.2, -0.15) is 5.10 Å². The Morgan fingerprint density at radius 2 is 2.17 bits per heavy atom. The molecule has 4 nitrogen and oxygen atoms in total. The summed E-state index contributed by atoms with van der Waals surface area (Å²) >= 11 is 0. The smallest absolute Gasteiger partial charge is 0.269 e. The van der Waals surface area contributed by atoms with E-state index in [1.807, 2.05) is 6.92 Å². The van der Waals surface area contributed by atoms with E-state index in [1.165, 1.54) is 22.9 Å². The van der Waals surface area contributed by atoms with Crippen LogP contribution >= 0.6 is 0 Å². The quantitative estimate of drug-likeness (QED) is 0.899. The van der Waals surface area contributed by atoms with Gasteiger partial charge in [0.2, 0.25) is 0 Å². The number of hydrogen-bond acceptors (Lipinski definition) is 3. The van der Waals surface area contributed by atoms with Crippen molar-refractivity contribution in [2.75, 3.05) is 12.4 Å². The van der Waals surface area contributed by atoms with Crippen LogP contribution < -0.4 is 10.9 Å². The van der Waals surface area contributed by atoms with Gasteiger partial charge in [-0.15, -0.1) is 0 Å². The second-order valence-electron chi connectivity index (χ2n) is 4.06. The first-order chi connectivity index (χ1) is 8.60. The zero-order chi connectivity index (χ0) is 13.1. The summed E-state index contributed by atoms with van der Waals surface area (Å²) in [6.45, 7) is 2.15. The van der Waals surface area contributed by atoms with E-state index in [1.54, 1.807) is 19.3 Å². The fraction of sp³-hybridized carbons (Fsp3) is 0.231. The number of nitrogens with one attached hydrogen (secondary N) is 1. The first-order valence-corrected chi connectivity index (χ1v) is 5.60. The molecule has 0 aliphatic heterocycles. The molecule has 2 aromatic rings. The minimum atomic E-state index is -0.276. The van der Waals surface area contributed by atoms with E-state index in [4.69, 9.17) is 0 Å². The standard InChI is InChI=1S/C13H14FN3O/c1-9-5-11(14)4-3-10(9)8-17-13(18)6-12(15-2)7-16-17/h3-7,15H,8H2,1-2H3. The van der Waals surface area contributed by atoms with E-state index in [0.29, 0.717) is 12.2 Å². The van der Waals surface area contributed by atoms with Crippen molar-refractivity contribution in [3.8, 4) is 0 Å².